The Hall–Kier alpha value is -1.20. The van der Waals surface area contributed by atoms with Crippen LogP contribution in [-0.4, -0.2) is 4.98 Å². The van der Waals surface area contributed by atoms with E-state index >= 15 is 0 Å². The maximum Gasteiger partial charge on any atom is 0.280 e. The van der Waals surface area contributed by atoms with Crippen LogP contribution >= 0.6 is 22.9 Å². The molecule has 1 aromatic heterocycles. The maximum atomic E-state index is 12.8. The summed E-state index contributed by atoms with van der Waals surface area (Å²) in [4.78, 5) is 3.78. The van der Waals surface area contributed by atoms with Gasteiger partial charge >= 0.3 is 0 Å². The molecule has 1 heterocycles. The number of rotatable bonds is 2. The molecule has 0 radical (unpaired) electrons. The van der Waals surface area contributed by atoms with Gasteiger partial charge in [0.25, 0.3) is 5.19 Å². The van der Waals surface area contributed by atoms with Gasteiger partial charge in [-0.3, -0.25) is 0 Å². The minimum Gasteiger partial charge on any atom is -0.431 e. The summed E-state index contributed by atoms with van der Waals surface area (Å²) in [6.45, 7) is 0. The third-order valence-electron chi connectivity index (χ3n) is 1.50. The van der Waals surface area contributed by atoms with Crippen molar-refractivity contribution in [1.29, 1.82) is 0 Å². The summed E-state index contributed by atoms with van der Waals surface area (Å²) < 4.78 is 30.6. The predicted molar refractivity (Wildman–Crippen MR) is 53.6 cm³/mol. The molecule has 15 heavy (non-hydrogen) atoms. The summed E-state index contributed by atoms with van der Waals surface area (Å²) in [5.74, 6) is -1.35. The minimum atomic E-state index is -0.701. The van der Waals surface area contributed by atoms with E-state index in [9.17, 15) is 8.78 Å². The molecule has 2 nitrogen and oxygen atoms in total. The molecule has 0 fully saturated rings. The fourth-order valence-corrected chi connectivity index (χ4v) is 1.78. The van der Waals surface area contributed by atoms with Gasteiger partial charge in [-0.2, -0.15) is 4.98 Å². The van der Waals surface area contributed by atoms with E-state index in [1.807, 2.05) is 0 Å². The van der Waals surface area contributed by atoms with E-state index in [2.05, 4.69) is 4.98 Å². The first-order valence-electron chi connectivity index (χ1n) is 3.88. The quantitative estimate of drug-likeness (QED) is 0.804. The van der Waals surface area contributed by atoms with Crippen molar-refractivity contribution in [2.75, 3.05) is 0 Å². The van der Waals surface area contributed by atoms with E-state index in [-0.39, 0.29) is 16.1 Å². The zero-order chi connectivity index (χ0) is 10.8. The van der Waals surface area contributed by atoms with E-state index in [0.29, 0.717) is 0 Å². The monoisotopic (exact) mass is 247 g/mol. The number of hydrogen-bond acceptors (Lipinski definition) is 3. The molecule has 2 rings (SSSR count). The number of ether oxygens (including phenoxy) is 1. The van der Waals surface area contributed by atoms with Crippen molar-refractivity contribution in [3.05, 3.63) is 40.4 Å². The third kappa shape index (κ3) is 2.64. The van der Waals surface area contributed by atoms with Crippen LogP contribution in [0.15, 0.2) is 23.6 Å². The largest absolute Gasteiger partial charge is 0.431 e. The summed E-state index contributed by atoms with van der Waals surface area (Å²) in [6.07, 6.45) is 0. The van der Waals surface area contributed by atoms with Gasteiger partial charge in [-0.05, 0) is 0 Å². The molecule has 0 aliphatic carbocycles. The molecule has 0 saturated carbocycles. The number of benzene rings is 1. The Labute approximate surface area is 93.1 Å². The first-order valence-corrected chi connectivity index (χ1v) is 5.14. The highest BCUT2D eigenvalue weighted by Crippen LogP contribution is 2.27. The lowest BCUT2D eigenvalue weighted by atomic mass is 10.3. The van der Waals surface area contributed by atoms with Crippen molar-refractivity contribution >= 4 is 22.9 Å². The average Bonchev–Trinajstić information content (AvgIpc) is 2.49. The van der Waals surface area contributed by atoms with E-state index in [1.165, 1.54) is 0 Å². The van der Waals surface area contributed by atoms with Crippen LogP contribution in [0.2, 0.25) is 5.15 Å². The molecule has 0 unspecified atom stereocenters. The van der Waals surface area contributed by atoms with E-state index < -0.39 is 11.6 Å². The molecule has 0 amide bonds. The SMILES string of the molecule is Fc1cc(F)cc(Oc2nc(Cl)cs2)c1. The fraction of sp³-hybridized carbons (Fsp3) is 0. The number of thiazole rings is 1. The van der Waals surface area contributed by atoms with Crippen LogP contribution in [0, 0.1) is 11.6 Å². The maximum absolute atomic E-state index is 12.8. The van der Waals surface area contributed by atoms with Crippen LogP contribution in [0.3, 0.4) is 0 Å². The first kappa shape index (κ1) is 10.3. The molecule has 0 atom stereocenters. The molecule has 0 spiro atoms. The van der Waals surface area contributed by atoms with Crippen LogP contribution in [0.4, 0.5) is 8.78 Å². The number of hydrogen-bond donors (Lipinski definition) is 0. The lowest BCUT2D eigenvalue weighted by Gasteiger charge is -2.01. The first-order chi connectivity index (χ1) is 7.13. The topological polar surface area (TPSA) is 22.1 Å². The Morgan fingerprint density at radius 3 is 2.40 bits per heavy atom. The number of halogens is 3. The highest BCUT2D eigenvalue weighted by Gasteiger charge is 2.05. The Kier molecular flexibility index (Phi) is 2.83. The smallest absolute Gasteiger partial charge is 0.280 e. The summed E-state index contributed by atoms with van der Waals surface area (Å²) in [7, 11) is 0. The van der Waals surface area contributed by atoms with Crippen LogP contribution in [0.1, 0.15) is 0 Å². The highest BCUT2D eigenvalue weighted by molar-refractivity contribution is 7.11. The number of nitrogens with zero attached hydrogens (tertiary/aromatic N) is 1. The van der Waals surface area contributed by atoms with Gasteiger partial charge in [-0.15, -0.1) is 0 Å². The second kappa shape index (κ2) is 4.12. The Bertz CT molecular complexity index is 468. The van der Waals surface area contributed by atoms with Crippen molar-refractivity contribution in [3.8, 4) is 10.9 Å². The van der Waals surface area contributed by atoms with Crippen molar-refractivity contribution in [3.63, 3.8) is 0 Å². The van der Waals surface area contributed by atoms with Gasteiger partial charge < -0.3 is 4.74 Å². The molecule has 0 saturated heterocycles. The van der Waals surface area contributed by atoms with Crippen LogP contribution in [0.5, 0.6) is 10.9 Å². The van der Waals surface area contributed by atoms with Crippen LogP contribution < -0.4 is 4.74 Å². The molecule has 78 valence electrons. The predicted octanol–water partition coefficient (Wildman–Crippen LogP) is 3.87. The molecule has 2 aromatic rings. The molecular formula is C9H4ClF2NOS. The summed E-state index contributed by atoms with van der Waals surface area (Å²) in [5, 5.41) is 2.09. The van der Waals surface area contributed by atoms with Gasteiger partial charge in [-0.25, -0.2) is 8.78 Å². The van der Waals surface area contributed by atoms with Crippen molar-refractivity contribution < 1.29 is 13.5 Å². The van der Waals surface area contributed by atoms with E-state index in [1.54, 1.807) is 5.38 Å². The summed E-state index contributed by atoms with van der Waals surface area (Å²) in [5.41, 5.74) is 0. The average molecular weight is 248 g/mol. The van der Waals surface area contributed by atoms with Gasteiger partial charge in [0.2, 0.25) is 0 Å². The highest BCUT2D eigenvalue weighted by atomic mass is 35.5. The van der Waals surface area contributed by atoms with Gasteiger partial charge in [0.1, 0.15) is 22.5 Å². The summed E-state index contributed by atoms with van der Waals surface area (Å²) >= 11 is 6.71. The third-order valence-corrected chi connectivity index (χ3v) is 2.54. The van der Waals surface area contributed by atoms with Crippen LogP contribution in [-0.2, 0) is 0 Å². The molecule has 0 bridgehead atoms. The molecule has 1 aromatic carbocycles. The molecule has 0 N–H and O–H groups in total. The lowest BCUT2D eigenvalue weighted by Crippen LogP contribution is -1.86. The Balaban J connectivity index is 2.24. The molecule has 6 heteroatoms. The zero-order valence-corrected chi connectivity index (χ0v) is 8.78. The normalized spacial score (nSPS) is 10.3. The Morgan fingerprint density at radius 2 is 1.87 bits per heavy atom. The molecule has 0 aliphatic rings. The molecular weight excluding hydrogens is 244 g/mol. The fourth-order valence-electron chi connectivity index (χ4n) is 0.974. The summed E-state index contributed by atoms with van der Waals surface area (Å²) in [6, 6.07) is 2.90. The minimum absolute atomic E-state index is 0.0542. The number of aromatic nitrogens is 1. The van der Waals surface area contributed by atoms with Gasteiger partial charge in [0.15, 0.2) is 0 Å². The molecule has 0 aliphatic heterocycles. The lowest BCUT2D eigenvalue weighted by molar-refractivity contribution is 0.465. The van der Waals surface area contributed by atoms with Gasteiger partial charge in [0.05, 0.1) is 0 Å². The standard InChI is InChI=1S/C9H4ClF2NOS/c10-8-4-15-9(13-8)14-7-2-5(11)1-6(12)3-7/h1-4H. The second-order valence-electron chi connectivity index (χ2n) is 2.64. The van der Waals surface area contributed by atoms with Gasteiger partial charge in [-0.1, -0.05) is 22.9 Å². The van der Waals surface area contributed by atoms with Crippen molar-refractivity contribution in [1.82, 2.24) is 4.98 Å². The van der Waals surface area contributed by atoms with Gasteiger partial charge in [0, 0.05) is 23.6 Å². The van der Waals surface area contributed by atoms with Crippen molar-refractivity contribution in [2.45, 2.75) is 0 Å². The second-order valence-corrected chi connectivity index (χ2v) is 3.85. The van der Waals surface area contributed by atoms with E-state index in [0.717, 1.165) is 29.5 Å². The van der Waals surface area contributed by atoms with E-state index in [4.69, 9.17) is 16.3 Å². The Morgan fingerprint density at radius 1 is 1.20 bits per heavy atom. The van der Waals surface area contributed by atoms with Crippen LogP contribution in [0.25, 0.3) is 0 Å². The zero-order valence-electron chi connectivity index (χ0n) is 7.21. The van der Waals surface area contributed by atoms with Crippen molar-refractivity contribution in [2.24, 2.45) is 0 Å².